The van der Waals surface area contributed by atoms with Gasteiger partial charge in [-0.3, -0.25) is 15.1 Å². The quantitative estimate of drug-likeness (QED) is 0.263. The molecule has 38 heavy (non-hydrogen) atoms. The predicted molar refractivity (Wildman–Crippen MR) is 152 cm³/mol. The van der Waals surface area contributed by atoms with Crippen molar-refractivity contribution in [3.05, 3.63) is 101 Å². The number of fused-ring (bicyclic) bond motifs is 1. The van der Waals surface area contributed by atoms with Crippen molar-refractivity contribution < 1.29 is 4.39 Å². The molecule has 4 aromatic heterocycles. The van der Waals surface area contributed by atoms with Crippen LogP contribution in [0.15, 0.2) is 79.5 Å². The third-order valence-electron chi connectivity index (χ3n) is 6.88. The Morgan fingerprint density at radius 3 is 2.74 bits per heavy atom. The summed E-state index contributed by atoms with van der Waals surface area (Å²) in [5.41, 5.74) is 7.92. The molecule has 1 aliphatic rings. The van der Waals surface area contributed by atoms with Gasteiger partial charge in [0.05, 0.1) is 34.6 Å². The van der Waals surface area contributed by atoms with Gasteiger partial charge >= 0.3 is 0 Å². The molecule has 4 heterocycles. The van der Waals surface area contributed by atoms with Gasteiger partial charge in [0.1, 0.15) is 11.5 Å². The van der Waals surface area contributed by atoms with E-state index in [1.807, 2.05) is 37.5 Å². The van der Waals surface area contributed by atoms with Gasteiger partial charge in [-0.25, -0.2) is 4.39 Å². The number of hydrogen-bond donors (Lipinski definition) is 3. The number of hydrogen-bond acceptors (Lipinski definition) is 4. The van der Waals surface area contributed by atoms with E-state index >= 15 is 0 Å². The molecule has 0 amide bonds. The lowest BCUT2D eigenvalue weighted by atomic mass is 10.0. The van der Waals surface area contributed by atoms with Crippen molar-refractivity contribution in [1.29, 1.82) is 0 Å². The number of benzene rings is 1. The van der Waals surface area contributed by atoms with Crippen molar-refractivity contribution in [3.63, 3.8) is 0 Å². The Kier molecular flexibility index (Phi) is 5.96. The van der Waals surface area contributed by atoms with Crippen LogP contribution in [0.4, 0.5) is 10.1 Å². The Hall–Kier alpha value is -4.78. The summed E-state index contributed by atoms with van der Waals surface area (Å²) in [5, 5.41) is 13.5. The average molecular weight is 503 g/mol. The lowest BCUT2D eigenvalue weighted by molar-refractivity contribution is 0.628. The first-order valence-corrected chi connectivity index (χ1v) is 12.6. The molecule has 188 valence electrons. The second-order valence-corrected chi connectivity index (χ2v) is 9.58. The van der Waals surface area contributed by atoms with Crippen LogP contribution in [0.5, 0.6) is 0 Å². The molecular formula is C31H27FN6. The van der Waals surface area contributed by atoms with Crippen molar-refractivity contribution in [2.75, 3.05) is 5.32 Å². The molecule has 0 atom stereocenters. The highest BCUT2D eigenvalue weighted by Gasteiger charge is 2.24. The SMILES string of the molecule is C=C(Nc1cncc(C(/C=c2/c(-c3cc4c(-c5cccc(F)c5)cncc4[nH]3)n[nH]c2=C)=C/C)c1)C1CC1. The van der Waals surface area contributed by atoms with Gasteiger partial charge in [-0.2, -0.15) is 5.10 Å². The minimum atomic E-state index is -0.286. The summed E-state index contributed by atoms with van der Waals surface area (Å²) in [6.07, 6.45) is 13.7. The van der Waals surface area contributed by atoms with E-state index in [1.54, 1.807) is 18.5 Å². The van der Waals surface area contributed by atoms with Crippen LogP contribution in [0, 0.1) is 11.7 Å². The van der Waals surface area contributed by atoms with E-state index in [1.165, 1.54) is 25.0 Å². The van der Waals surface area contributed by atoms with Crippen LogP contribution in [0.2, 0.25) is 0 Å². The average Bonchev–Trinajstić information content (AvgIpc) is 3.59. The summed E-state index contributed by atoms with van der Waals surface area (Å²) in [7, 11) is 0. The number of nitrogens with zero attached hydrogens (tertiary/aromatic N) is 3. The van der Waals surface area contributed by atoms with Crippen molar-refractivity contribution in [1.82, 2.24) is 25.1 Å². The van der Waals surface area contributed by atoms with Gasteiger partial charge in [-0.15, -0.1) is 0 Å². The first-order valence-electron chi connectivity index (χ1n) is 12.6. The van der Waals surface area contributed by atoms with Crippen molar-refractivity contribution >= 4 is 34.8 Å². The number of aromatic amines is 2. The molecule has 0 aliphatic heterocycles. The van der Waals surface area contributed by atoms with Crippen LogP contribution in [0.25, 0.3) is 51.6 Å². The van der Waals surface area contributed by atoms with E-state index in [9.17, 15) is 4.39 Å². The number of allylic oxidation sites excluding steroid dienone is 3. The van der Waals surface area contributed by atoms with Crippen molar-refractivity contribution in [2.24, 2.45) is 5.92 Å². The lowest BCUT2D eigenvalue weighted by Crippen LogP contribution is -2.22. The zero-order chi connectivity index (χ0) is 26.2. The van der Waals surface area contributed by atoms with Crippen LogP contribution >= 0.6 is 0 Å². The first-order chi connectivity index (χ1) is 18.5. The molecular weight excluding hydrogens is 475 g/mol. The zero-order valence-corrected chi connectivity index (χ0v) is 21.1. The number of anilines is 1. The van der Waals surface area contributed by atoms with Crippen LogP contribution in [-0.2, 0) is 0 Å². The van der Waals surface area contributed by atoms with Gasteiger partial charge in [-0.1, -0.05) is 31.4 Å². The van der Waals surface area contributed by atoms with Crippen molar-refractivity contribution in [2.45, 2.75) is 19.8 Å². The molecule has 3 N–H and O–H groups in total. The predicted octanol–water partition coefficient (Wildman–Crippen LogP) is 5.78. The Bertz CT molecular complexity index is 1820. The Morgan fingerprint density at radius 2 is 1.95 bits per heavy atom. The number of nitrogens with one attached hydrogen (secondary N) is 3. The molecule has 0 radical (unpaired) electrons. The fourth-order valence-electron chi connectivity index (χ4n) is 4.69. The Balaban J connectivity index is 1.40. The molecule has 0 unspecified atom stereocenters. The molecule has 1 aliphatic carbocycles. The smallest absolute Gasteiger partial charge is 0.123 e. The number of pyridine rings is 2. The third kappa shape index (κ3) is 4.54. The molecule has 5 aromatic rings. The highest BCUT2D eigenvalue weighted by Crippen LogP contribution is 2.36. The number of H-pyrrole nitrogens is 2. The van der Waals surface area contributed by atoms with Crippen molar-refractivity contribution in [3.8, 4) is 22.5 Å². The van der Waals surface area contributed by atoms with E-state index in [2.05, 4.69) is 55.8 Å². The Morgan fingerprint density at radius 1 is 1.11 bits per heavy atom. The molecule has 6 rings (SSSR count). The van der Waals surface area contributed by atoms with E-state index in [0.29, 0.717) is 11.3 Å². The maximum absolute atomic E-state index is 13.9. The third-order valence-corrected chi connectivity index (χ3v) is 6.88. The van der Waals surface area contributed by atoms with Crippen LogP contribution in [0.1, 0.15) is 25.3 Å². The van der Waals surface area contributed by atoms with Gasteiger partial charge in [-0.05, 0) is 67.2 Å². The normalized spacial score (nSPS) is 14.3. The zero-order valence-electron chi connectivity index (χ0n) is 21.1. The first kappa shape index (κ1) is 23.6. The topological polar surface area (TPSA) is 82.3 Å². The molecule has 0 spiro atoms. The van der Waals surface area contributed by atoms with Gasteiger partial charge in [0, 0.05) is 39.8 Å². The minimum Gasteiger partial charge on any atom is -0.358 e. The fraction of sp³-hybridized carbons (Fsp3) is 0.129. The van der Waals surface area contributed by atoms with E-state index < -0.39 is 0 Å². The second-order valence-electron chi connectivity index (χ2n) is 9.58. The number of rotatable bonds is 7. The largest absolute Gasteiger partial charge is 0.358 e. The van der Waals surface area contributed by atoms with E-state index in [4.69, 9.17) is 0 Å². The molecule has 0 saturated heterocycles. The molecule has 1 fully saturated rings. The summed E-state index contributed by atoms with van der Waals surface area (Å²) in [5.74, 6) is 0.271. The summed E-state index contributed by atoms with van der Waals surface area (Å²) < 4.78 is 13.9. The van der Waals surface area contributed by atoms with Crippen LogP contribution < -0.4 is 15.9 Å². The number of halogens is 1. The maximum atomic E-state index is 13.9. The van der Waals surface area contributed by atoms with Gasteiger partial charge in [0.25, 0.3) is 0 Å². The highest BCUT2D eigenvalue weighted by molar-refractivity contribution is 5.97. The number of aromatic nitrogens is 5. The van der Waals surface area contributed by atoms with E-state index in [0.717, 1.165) is 61.2 Å². The molecule has 1 saturated carbocycles. The highest BCUT2D eigenvalue weighted by atomic mass is 19.1. The van der Waals surface area contributed by atoms with E-state index in [-0.39, 0.29) is 5.82 Å². The fourth-order valence-corrected chi connectivity index (χ4v) is 4.69. The molecule has 7 heteroatoms. The second kappa shape index (κ2) is 9.59. The van der Waals surface area contributed by atoms with Crippen LogP contribution in [0.3, 0.4) is 0 Å². The molecule has 6 nitrogen and oxygen atoms in total. The summed E-state index contributed by atoms with van der Waals surface area (Å²) in [4.78, 5) is 12.2. The molecule has 0 bridgehead atoms. The van der Waals surface area contributed by atoms with Gasteiger partial charge < -0.3 is 10.3 Å². The monoisotopic (exact) mass is 502 g/mol. The summed E-state index contributed by atoms with van der Waals surface area (Å²) in [6, 6.07) is 10.6. The van der Waals surface area contributed by atoms with Gasteiger partial charge in [0.2, 0.25) is 0 Å². The minimum absolute atomic E-state index is 0.286. The molecule has 1 aromatic carbocycles. The summed E-state index contributed by atoms with van der Waals surface area (Å²) in [6.45, 7) is 10.3. The van der Waals surface area contributed by atoms with Gasteiger partial charge in [0.15, 0.2) is 0 Å². The Labute approximate surface area is 219 Å². The lowest BCUT2D eigenvalue weighted by Gasteiger charge is -2.10. The summed E-state index contributed by atoms with van der Waals surface area (Å²) >= 11 is 0. The standard InChI is InChI=1S/C31H27FN6/c1-4-20(23-11-25(15-33-14-23)35-18(2)21-8-9-21)12-26-19(3)37-38-31(26)29-13-27-28(16-34-17-30(27)36-29)22-6-5-7-24(32)10-22/h4-7,10-17,21,35-37H,2-3,8-9H2,1H3/b20-4+,26-12+. The van der Waals surface area contributed by atoms with Crippen LogP contribution in [-0.4, -0.2) is 25.1 Å². The maximum Gasteiger partial charge on any atom is 0.123 e.